The highest BCUT2D eigenvalue weighted by molar-refractivity contribution is 5.66. The maximum absolute atomic E-state index is 9.48. The molecule has 0 atom stereocenters. The number of aryl methyl sites for hydroxylation is 1. The number of nitrogens with zero attached hydrogens (tertiary/aromatic N) is 1. The normalized spacial score (nSPS) is 10.6. The standard InChI is InChI=1S/C13H17N3O/c1-14-7-3-6-13-12(9-15-16-13)10-4-2-5-11(17)8-10/h2,4-5,8-9,14,17H,3,6-7H2,1H3,(H,15,16). The maximum atomic E-state index is 9.48. The van der Waals surface area contributed by atoms with Crippen LogP contribution in [0, 0.1) is 0 Å². The van der Waals surface area contributed by atoms with E-state index < -0.39 is 0 Å². The molecule has 1 aromatic carbocycles. The van der Waals surface area contributed by atoms with E-state index in [0.717, 1.165) is 36.2 Å². The molecule has 0 aliphatic heterocycles. The minimum atomic E-state index is 0.282. The SMILES string of the molecule is CNCCCc1[nH]ncc1-c1cccc(O)c1. The van der Waals surface area contributed by atoms with Crippen LogP contribution in [-0.4, -0.2) is 28.9 Å². The molecule has 3 N–H and O–H groups in total. The van der Waals surface area contributed by atoms with Gasteiger partial charge in [0.1, 0.15) is 5.75 Å². The van der Waals surface area contributed by atoms with Gasteiger partial charge in [-0.25, -0.2) is 0 Å². The number of nitrogens with one attached hydrogen (secondary N) is 2. The summed E-state index contributed by atoms with van der Waals surface area (Å²) in [6.45, 7) is 0.985. The highest BCUT2D eigenvalue weighted by Crippen LogP contribution is 2.25. The quantitative estimate of drug-likeness (QED) is 0.689. The molecular formula is C13H17N3O. The van der Waals surface area contributed by atoms with Crippen molar-refractivity contribution < 1.29 is 5.11 Å². The molecule has 0 aliphatic carbocycles. The largest absolute Gasteiger partial charge is 0.508 e. The zero-order chi connectivity index (χ0) is 12.1. The Morgan fingerprint density at radius 3 is 3.06 bits per heavy atom. The number of hydrogen-bond donors (Lipinski definition) is 3. The Labute approximate surface area is 101 Å². The number of H-pyrrole nitrogens is 1. The van der Waals surface area contributed by atoms with Crippen LogP contribution in [0.3, 0.4) is 0 Å². The van der Waals surface area contributed by atoms with Gasteiger partial charge in [-0.2, -0.15) is 5.10 Å². The molecule has 0 saturated heterocycles. The lowest BCUT2D eigenvalue weighted by Gasteiger charge is -2.04. The van der Waals surface area contributed by atoms with Crippen molar-refractivity contribution in [3.8, 4) is 16.9 Å². The lowest BCUT2D eigenvalue weighted by Crippen LogP contribution is -2.08. The van der Waals surface area contributed by atoms with Crippen LogP contribution in [0.4, 0.5) is 0 Å². The molecule has 0 saturated carbocycles. The van der Waals surface area contributed by atoms with Gasteiger partial charge in [-0.3, -0.25) is 5.10 Å². The van der Waals surface area contributed by atoms with Crippen LogP contribution in [0.25, 0.3) is 11.1 Å². The predicted molar refractivity (Wildman–Crippen MR) is 67.9 cm³/mol. The molecule has 0 radical (unpaired) electrons. The van der Waals surface area contributed by atoms with Crippen LogP contribution in [0.15, 0.2) is 30.5 Å². The molecule has 1 heterocycles. The van der Waals surface area contributed by atoms with Crippen molar-refractivity contribution in [1.82, 2.24) is 15.5 Å². The van der Waals surface area contributed by atoms with Crippen molar-refractivity contribution in [2.45, 2.75) is 12.8 Å². The maximum Gasteiger partial charge on any atom is 0.116 e. The summed E-state index contributed by atoms with van der Waals surface area (Å²) in [6, 6.07) is 7.25. The van der Waals surface area contributed by atoms with Crippen molar-refractivity contribution in [2.75, 3.05) is 13.6 Å². The van der Waals surface area contributed by atoms with Gasteiger partial charge < -0.3 is 10.4 Å². The monoisotopic (exact) mass is 231 g/mol. The lowest BCUT2D eigenvalue weighted by atomic mass is 10.0. The lowest BCUT2D eigenvalue weighted by molar-refractivity contribution is 0.475. The number of aromatic amines is 1. The van der Waals surface area contributed by atoms with E-state index in [1.807, 2.05) is 25.4 Å². The summed E-state index contributed by atoms with van der Waals surface area (Å²) in [6.07, 6.45) is 3.82. The van der Waals surface area contributed by atoms with Gasteiger partial charge in [0.15, 0.2) is 0 Å². The fraction of sp³-hybridized carbons (Fsp3) is 0.308. The first-order valence-corrected chi connectivity index (χ1v) is 5.77. The van der Waals surface area contributed by atoms with Crippen LogP contribution in [0.5, 0.6) is 5.75 Å². The van der Waals surface area contributed by atoms with Crippen molar-refractivity contribution in [1.29, 1.82) is 0 Å². The molecule has 0 fully saturated rings. The van der Waals surface area contributed by atoms with Crippen LogP contribution in [0.1, 0.15) is 12.1 Å². The summed E-state index contributed by atoms with van der Waals surface area (Å²) in [5.74, 6) is 0.282. The molecule has 2 aromatic rings. The molecule has 1 aromatic heterocycles. The fourth-order valence-corrected chi connectivity index (χ4v) is 1.87. The van der Waals surface area contributed by atoms with Crippen LogP contribution in [0.2, 0.25) is 0 Å². The van der Waals surface area contributed by atoms with E-state index in [4.69, 9.17) is 0 Å². The Morgan fingerprint density at radius 2 is 2.29 bits per heavy atom. The second kappa shape index (κ2) is 5.50. The number of phenolic OH excluding ortho intramolecular Hbond substituents is 1. The topological polar surface area (TPSA) is 60.9 Å². The molecule has 4 heteroatoms. The summed E-state index contributed by atoms with van der Waals surface area (Å²) in [5, 5.41) is 19.7. The third-order valence-corrected chi connectivity index (χ3v) is 2.73. The third-order valence-electron chi connectivity index (χ3n) is 2.73. The van der Waals surface area contributed by atoms with Crippen molar-refractivity contribution in [3.05, 3.63) is 36.2 Å². The van der Waals surface area contributed by atoms with Gasteiger partial charge >= 0.3 is 0 Å². The Balaban J connectivity index is 2.18. The summed E-state index contributed by atoms with van der Waals surface area (Å²) in [4.78, 5) is 0. The van der Waals surface area contributed by atoms with Gasteiger partial charge in [0.25, 0.3) is 0 Å². The van der Waals surface area contributed by atoms with Gasteiger partial charge in [0, 0.05) is 11.3 Å². The second-order valence-corrected chi connectivity index (χ2v) is 4.02. The number of aromatic hydroxyl groups is 1. The molecule has 0 aliphatic rings. The van der Waals surface area contributed by atoms with Crippen LogP contribution < -0.4 is 5.32 Å². The smallest absolute Gasteiger partial charge is 0.116 e. The Bertz CT molecular complexity index is 479. The minimum Gasteiger partial charge on any atom is -0.508 e. The van der Waals surface area contributed by atoms with E-state index in [1.54, 1.807) is 12.1 Å². The molecule has 0 spiro atoms. The van der Waals surface area contributed by atoms with Gasteiger partial charge in [-0.1, -0.05) is 12.1 Å². The minimum absolute atomic E-state index is 0.282. The first-order chi connectivity index (χ1) is 8.31. The highest BCUT2D eigenvalue weighted by atomic mass is 16.3. The van der Waals surface area contributed by atoms with Gasteiger partial charge in [0.2, 0.25) is 0 Å². The number of benzene rings is 1. The Hall–Kier alpha value is -1.81. The van der Waals surface area contributed by atoms with E-state index >= 15 is 0 Å². The Kier molecular flexibility index (Phi) is 3.77. The van der Waals surface area contributed by atoms with Gasteiger partial charge in [-0.15, -0.1) is 0 Å². The Morgan fingerprint density at radius 1 is 1.41 bits per heavy atom. The van der Waals surface area contributed by atoms with Gasteiger partial charge in [-0.05, 0) is 44.1 Å². The van der Waals surface area contributed by atoms with E-state index in [0.29, 0.717) is 0 Å². The number of phenols is 1. The molecule has 0 bridgehead atoms. The number of rotatable bonds is 5. The fourth-order valence-electron chi connectivity index (χ4n) is 1.87. The molecule has 17 heavy (non-hydrogen) atoms. The second-order valence-electron chi connectivity index (χ2n) is 4.02. The first kappa shape index (κ1) is 11.7. The van der Waals surface area contributed by atoms with E-state index in [-0.39, 0.29) is 5.75 Å². The summed E-state index contributed by atoms with van der Waals surface area (Å²) in [5.41, 5.74) is 3.18. The number of aromatic nitrogens is 2. The predicted octanol–water partition coefficient (Wildman–Crippen LogP) is 1.93. The zero-order valence-electron chi connectivity index (χ0n) is 9.90. The highest BCUT2D eigenvalue weighted by Gasteiger charge is 2.07. The van der Waals surface area contributed by atoms with Gasteiger partial charge in [0.05, 0.1) is 6.20 Å². The summed E-state index contributed by atoms with van der Waals surface area (Å²) < 4.78 is 0. The molecular weight excluding hydrogens is 214 g/mol. The van der Waals surface area contributed by atoms with E-state index in [1.165, 1.54) is 0 Å². The van der Waals surface area contributed by atoms with Crippen LogP contribution in [-0.2, 0) is 6.42 Å². The number of hydrogen-bond acceptors (Lipinski definition) is 3. The summed E-state index contributed by atoms with van der Waals surface area (Å²) in [7, 11) is 1.95. The van der Waals surface area contributed by atoms with E-state index in [9.17, 15) is 5.11 Å². The molecule has 0 unspecified atom stereocenters. The first-order valence-electron chi connectivity index (χ1n) is 5.77. The van der Waals surface area contributed by atoms with Crippen molar-refractivity contribution >= 4 is 0 Å². The third kappa shape index (κ3) is 2.85. The zero-order valence-corrected chi connectivity index (χ0v) is 9.90. The molecule has 90 valence electrons. The average molecular weight is 231 g/mol. The average Bonchev–Trinajstić information content (AvgIpc) is 2.78. The summed E-state index contributed by atoms with van der Waals surface area (Å²) >= 11 is 0. The van der Waals surface area contributed by atoms with E-state index in [2.05, 4.69) is 15.5 Å². The molecule has 2 rings (SSSR count). The van der Waals surface area contributed by atoms with Crippen molar-refractivity contribution in [3.63, 3.8) is 0 Å². The molecule has 4 nitrogen and oxygen atoms in total. The van der Waals surface area contributed by atoms with Crippen molar-refractivity contribution in [2.24, 2.45) is 0 Å². The molecule has 0 amide bonds. The van der Waals surface area contributed by atoms with Crippen LogP contribution >= 0.6 is 0 Å².